The molecule has 1 heterocycles. The Morgan fingerprint density at radius 2 is 1.84 bits per heavy atom. The summed E-state index contributed by atoms with van der Waals surface area (Å²) in [5, 5.41) is 9.68. The van der Waals surface area contributed by atoms with Crippen molar-refractivity contribution in [3.8, 4) is 11.8 Å². The number of nitriles is 1. The van der Waals surface area contributed by atoms with Crippen LogP contribution in [-0.4, -0.2) is 13.7 Å². The molecule has 2 unspecified atom stereocenters. The number of halogens is 3. The Kier molecular flexibility index (Phi) is 4.34. The van der Waals surface area contributed by atoms with E-state index >= 15 is 0 Å². The normalized spacial score (nSPS) is 19.4. The molecule has 0 saturated heterocycles. The molecule has 1 aliphatic rings. The van der Waals surface area contributed by atoms with Gasteiger partial charge in [-0.1, -0.05) is 18.2 Å². The first-order valence-corrected chi connectivity index (χ1v) is 7.92. The number of fused-ring (bicyclic) bond motifs is 1. The van der Waals surface area contributed by atoms with Gasteiger partial charge in [0.2, 0.25) is 0 Å². The first kappa shape index (κ1) is 17.2. The van der Waals surface area contributed by atoms with E-state index in [-0.39, 0.29) is 6.04 Å². The first-order valence-electron chi connectivity index (χ1n) is 7.92. The lowest BCUT2D eigenvalue weighted by atomic mass is 9.91. The van der Waals surface area contributed by atoms with Gasteiger partial charge in [0.05, 0.1) is 30.7 Å². The molecule has 0 saturated carbocycles. The van der Waals surface area contributed by atoms with Crippen molar-refractivity contribution < 1.29 is 17.9 Å². The van der Waals surface area contributed by atoms with Crippen LogP contribution in [0.4, 0.5) is 18.9 Å². The number of hydrogen-bond donors (Lipinski definition) is 0. The molecule has 0 bridgehead atoms. The van der Waals surface area contributed by atoms with Crippen LogP contribution in [0.3, 0.4) is 0 Å². The minimum absolute atomic E-state index is 0.320. The van der Waals surface area contributed by atoms with E-state index in [0.717, 1.165) is 23.4 Å². The van der Waals surface area contributed by atoms with E-state index in [1.54, 1.807) is 13.2 Å². The molecule has 0 fully saturated rings. The third kappa shape index (κ3) is 2.91. The number of anilines is 1. The highest BCUT2D eigenvalue weighted by atomic mass is 19.4. The van der Waals surface area contributed by atoms with Crippen molar-refractivity contribution in [3.63, 3.8) is 0 Å². The summed E-state index contributed by atoms with van der Waals surface area (Å²) in [6.07, 6.45) is -4.37. The van der Waals surface area contributed by atoms with E-state index in [9.17, 15) is 18.4 Å². The topological polar surface area (TPSA) is 36.3 Å². The fourth-order valence-corrected chi connectivity index (χ4v) is 3.41. The molecule has 130 valence electrons. The molecule has 0 N–H and O–H groups in total. The van der Waals surface area contributed by atoms with Gasteiger partial charge in [-0.05, 0) is 36.2 Å². The molecule has 3 nitrogen and oxygen atoms in total. The number of likely N-dealkylation sites (N-methyl/N-ethyl adjacent to an activating group) is 1. The number of hydrogen-bond acceptors (Lipinski definition) is 3. The second-order valence-electron chi connectivity index (χ2n) is 5.88. The van der Waals surface area contributed by atoms with Gasteiger partial charge in [0.1, 0.15) is 5.75 Å². The number of alkyl halides is 3. The maximum atomic E-state index is 12.8. The molecular weight excluding hydrogens is 329 g/mol. The summed E-state index contributed by atoms with van der Waals surface area (Å²) in [6, 6.07) is 12.6. The van der Waals surface area contributed by atoms with Gasteiger partial charge in [-0.2, -0.15) is 18.4 Å². The lowest BCUT2D eigenvalue weighted by Gasteiger charge is -2.28. The van der Waals surface area contributed by atoms with Crippen LogP contribution < -0.4 is 9.64 Å². The van der Waals surface area contributed by atoms with Crippen molar-refractivity contribution in [1.29, 1.82) is 5.26 Å². The van der Waals surface area contributed by atoms with Gasteiger partial charge in [0, 0.05) is 18.3 Å². The molecule has 2 aromatic carbocycles. The second-order valence-corrected chi connectivity index (χ2v) is 5.88. The Morgan fingerprint density at radius 1 is 1.16 bits per heavy atom. The van der Waals surface area contributed by atoms with Gasteiger partial charge >= 0.3 is 6.18 Å². The van der Waals surface area contributed by atoms with Crippen LogP contribution in [-0.2, 0) is 6.18 Å². The average Bonchev–Trinajstić information content (AvgIpc) is 2.93. The number of rotatable bonds is 3. The van der Waals surface area contributed by atoms with Crippen LogP contribution >= 0.6 is 0 Å². The zero-order valence-corrected chi connectivity index (χ0v) is 13.8. The smallest absolute Gasteiger partial charge is 0.416 e. The summed E-state index contributed by atoms with van der Waals surface area (Å²) >= 11 is 0. The van der Waals surface area contributed by atoms with E-state index in [1.807, 2.05) is 24.0 Å². The summed E-state index contributed by atoms with van der Waals surface area (Å²) in [4.78, 5) is 2.04. The van der Waals surface area contributed by atoms with Crippen LogP contribution in [0.1, 0.15) is 35.6 Å². The monoisotopic (exact) mass is 346 g/mol. The molecule has 2 atom stereocenters. The van der Waals surface area contributed by atoms with E-state index in [1.165, 1.54) is 12.1 Å². The number of benzene rings is 2. The zero-order valence-electron chi connectivity index (χ0n) is 13.8. The zero-order chi connectivity index (χ0) is 18.2. The molecule has 0 radical (unpaired) electrons. The summed E-state index contributed by atoms with van der Waals surface area (Å²) in [6.45, 7) is 2.59. The molecule has 0 spiro atoms. The Hall–Kier alpha value is -2.68. The standard InChI is InChI=1S/C19H17F3N2O/c1-3-24-17-10-14(25-2)8-9-15(17)16(11-23)18(24)12-4-6-13(7-5-12)19(20,21)22/h4-10,16,18H,3H2,1-2H3. The fourth-order valence-electron chi connectivity index (χ4n) is 3.41. The van der Waals surface area contributed by atoms with E-state index in [4.69, 9.17) is 4.74 Å². The van der Waals surface area contributed by atoms with Gasteiger partial charge in [0.15, 0.2) is 0 Å². The van der Waals surface area contributed by atoms with Crippen molar-refractivity contribution in [1.82, 2.24) is 0 Å². The highest BCUT2D eigenvalue weighted by Crippen LogP contribution is 2.49. The molecule has 2 aromatic rings. The Balaban J connectivity index is 2.05. The van der Waals surface area contributed by atoms with E-state index < -0.39 is 17.7 Å². The van der Waals surface area contributed by atoms with Crippen LogP contribution in [0.25, 0.3) is 0 Å². The Morgan fingerprint density at radius 3 is 2.36 bits per heavy atom. The average molecular weight is 346 g/mol. The molecule has 3 rings (SSSR count). The van der Waals surface area contributed by atoms with Gasteiger partial charge < -0.3 is 9.64 Å². The molecule has 6 heteroatoms. The summed E-state index contributed by atoms with van der Waals surface area (Å²) in [7, 11) is 1.57. The van der Waals surface area contributed by atoms with Gasteiger partial charge in [-0.25, -0.2) is 0 Å². The van der Waals surface area contributed by atoms with Crippen molar-refractivity contribution in [2.24, 2.45) is 0 Å². The van der Waals surface area contributed by atoms with Crippen LogP contribution in [0, 0.1) is 11.3 Å². The number of methoxy groups -OCH3 is 1. The number of nitrogens with zero attached hydrogens (tertiary/aromatic N) is 2. The second kappa shape index (κ2) is 6.32. The maximum Gasteiger partial charge on any atom is 0.416 e. The predicted octanol–water partition coefficient (Wildman–Crippen LogP) is 4.90. The SMILES string of the molecule is CCN1c2cc(OC)ccc2C(C#N)C1c1ccc(C(F)(F)F)cc1. The van der Waals surface area contributed by atoms with Crippen molar-refractivity contribution in [2.45, 2.75) is 25.1 Å². The highest BCUT2D eigenvalue weighted by molar-refractivity contribution is 5.67. The minimum atomic E-state index is -4.37. The quantitative estimate of drug-likeness (QED) is 0.793. The van der Waals surface area contributed by atoms with E-state index in [2.05, 4.69) is 6.07 Å². The lowest BCUT2D eigenvalue weighted by Crippen LogP contribution is -2.26. The first-order chi connectivity index (χ1) is 11.9. The van der Waals surface area contributed by atoms with Gasteiger partial charge in [-0.15, -0.1) is 0 Å². The molecule has 0 amide bonds. The third-order valence-electron chi connectivity index (χ3n) is 4.59. The lowest BCUT2D eigenvalue weighted by molar-refractivity contribution is -0.137. The third-order valence-corrected chi connectivity index (χ3v) is 4.59. The van der Waals surface area contributed by atoms with Crippen molar-refractivity contribution in [3.05, 3.63) is 59.2 Å². The van der Waals surface area contributed by atoms with E-state index in [0.29, 0.717) is 17.9 Å². The summed E-state index contributed by atoms with van der Waals surface area (Å²) in [5.41, 5.74) is 1.76. The predicted molar refractivity (Wildman–Crippen MR) is 88.6 cm³/mol. The molecule has 25 heavy (non-hydrogen) atoms. The largest absolute Gasteiger partial charge is 0.497 e. The summed E-state index contributed by atoms with van der Waals surface area (Å²) < 4.78 is 43.7. The maximum absolute atomic E-state index is 12.8. The molecule has 0 aromatic heterocycles. The minimum Gasteiger partial charge on any atom is -0.497 e. The van der Waals surface area contributed by atoms with Crippen LogP contribution in [0.2, 0.25) is 0 Å². The molecule has 1 aliphatic heterocycles. The van der Waals surface area contributed by atoms with Gasteiger partial charge in [0.25, 0.3) is 0 Å². The Labute approximate surface area is 144 Å². The number of ether oxygens (including phenoxy) is 1. The molecular formula is C19H17F3N2O. The van der Waals surface area contributed by atoms with Crippen molar-refractivity contribution >= 4 is 5.69 Å². The Bertz CT molecular complexity index is 809. The highest BCUT2D eigenvalue weighted by Gasteiger charge is 2.39. The fraction of sp³-hybridized carbons (Fsp3) is 0.316. The van der Waals surface area contributed by atoms with Gasteiger partial charge in [-0.3, -0.25) is 0 Å². The van der Waals surface area contributed by atoms with Crippen LogP contribution in [0.15, 0.2) is 42.5 Å². The summed E-state index contributed by atoms with van der Waals surface area (Å²) in [5.74, 6) is 0.236. The van der Waals surface area contributed by atoms with Crippen molar-refractivity contribution in [2.75, 3.05) is 18.6 Å². The molecule has 0 aliphatic carbocycles. The van der Waals surface area contributed by atoms with Crippen LogP contribution in [0.5, 0.6) is 5.75 Å².